The highest BCUT2D eigenvalue weighted by Gasteiger charge is 1.88. The van der Waals surface area contributed by atoms with Crippen LogP contribution in [-0.4, -0.2) is 19.1 Å². The zero-order valence-corrected chi connectivity index (χ0v) is 9.81. The molecule has 0 aliphatic carbocycles. The standard InChI is InChI=1S/C6H10N2.C5H8N2/c1-3-8-5-4-7-6(8)2;1-5-6-3-4-7(5)2/h4-5H,3H2,1-2H3;3-4H,1-2H3. The van der Waals surface area contributed by atoms with Crippen LogP contribution in [0.3, 0.4) is 0 Å². The molecule has 0 amide bonds. The molecule has 0 N–H and O–H groups in total. The summed E-state index contributed by atoms with van der Waals surface area (Å²) in [7, 11) is 1.97. The van der Waals surface area contributed by atoms with Gasteiger partial charge in [0.2, 0.25) is 0 Å². The second kappa shape index (κ2) is 5.34. The molecule has 0 bridgehead atoms. The molecule has 15 heavy (non-hydrogen) atoms. The van der Waals surface area contributed by atoms with E-state index in [1.165, 1.54) is 0 Å². The van der Waals surface area contributed by atoms with E-state index < -0.39 is 0 Å². The molecular weight excluding hydrogens is 188 g/mol. The molecule has 0 aliphatic heterocycles. The summed E-state index contributed by atoms with van der Waals surface area (Å²) >= 11 is 0. The fourth-order valence-electron chi connectivity index (χ4n) is 1.18. The van der Waals surface area contributed by atoms with E-state index >= 15 is 0 Å². The Kier molecular flexibility index (Phi) is 4.09. The quantitative estimate of drug-likeness (QED) is 0.714. The molecule has 0 atom stereocenters. The Labute approximate surface area is 90.6 Å². The predicted octanol–water partition coefficient (Wildman–Crippen LogP) is 1.94. The number of aryl methyl sites for hydroxylation is 4. The highest BCUT2D eigenvalue weighted by molar-refractivity contribution is 4.87. The Hall–Kier alpha value is -1.58. The van der Waals surface area contributed by atoms with Gasteiger partial charge in [0.1, 0.15) is 11.6 Å². The lowest BCUT2D eigenvalue weighted by Crippen LogP contribution is -1.93. The van der Waals surface area contributed by atoms with Crippen molar-refractivity contribution < 1.29 is 0 Å². The molecule has 0 saturated heterocycles. The normalized spacial score (nSPS) is 9.60. The van der Waals surface area contributed by atoms with Crippen molar-refractivity contribution in [2.75, 3.05) is 0 Å². The van der Waals surface area contributed by atoms with Crippen LogP contribution < -0.4 is 0 Å². The van der Waals surface area contributed by atoms with Gasteiger partial charge in [0.25, 0.3) is 0 Å². The largest absolute Gasteiger partial charge is 0.338 e. The van der Waals surface area contributed by atoms with Crippen molar-refractivity contribution in [2.45, 2.75) is 27.3 Å². The van der Waals surface area contributed by atoms with E-state index in [-0.39, 0.29) is 0 Å². The number of nitrogens with zero attached hydrogens (tertiary/aromatic N) is 4. The van der Waals surface area contributed by atoms with Gasteiger partial charge in [-0.1, -0.05) is 0 Å². The van der Waals surface area contributed by atoms with Crippen molar-refractivity contribution >= 4 is 0 Å². The molecule has 2 heterocycles. The summed E-state index contributed by atoms with van der Waals surface area (Å²) in [6.07, 6.45) is 7.51. The molecule has 0 aromatic carbocycles. The zero-order chi connectivity index (χ0) is 11.3. The first-order valence-corrected chi connectivity index (χ1v) is 5.06. The van der Waals surface area contributed by atoms with E-state index in [9.17, 15) is 0 Å². The molecule has 4 nitrogen and oxygen atoms in total. The van der Waals surface area contributed by atoms with E-state index in [1.54, 1.807) is 6.20 Å². The van der Waals surface area contributed by atoms with Crippen molar-refractivity contribution in [3.05, 3.63) is 36.4 Å². The second-order valence-electron chi connectivity index (χ2n) is 3.35. The minimum absolute atomic E-state index is 1.02. The number of aromatic nitrogens is 4. The minimum atomic E-state index is 1.02. The Morgan fingerprint density at radius 3 is 1.87 bits per heavy atom. The molecule has 0 radical (unpaired) electrons. The Morgan fingerprint density at radius 2 is 1.67 bits per heavy atom. The summed E-state index contributed by atoms with van der Waals surface area (Å²) in [5.41, 5.74) is 0. The van der Waals surface area contributed by atoms with Gasteiger partial charge in [0, 0.05) is 38.4 Å². The minimum Gasteiger partial charge on any atom is -0.338 e. The summed E-state index contributed by atoms with van der Waals surface area (Å²) in [4.78, 5) is 8.03. The summed E-state index contributed by atoms with van der Waals surface area (Å²) in [6, 6.07) is 0. The molecule has 2 aromatic rings. The summed E-state index contributed by atoms with van der Waals surface area (Å²) in [5, 5.41) is 0. The highest BCUT2D eigenvalue weighted by Crippen LogP contribution is 1.92. The van der Waals surface area contributed by atoms with Crippen LogP contribution in [-0.2, 0) is 13.6 Å². The lowest BCUT2D eigenvalue weighted by Gasteiger charge is -1.95. The Bertz CT molecular complexity index is 384. The molecule has 0 saturated carbocycles. The average molecular weight is 206 g/mol. The van der Waals surface area contributed by atoms with Crippen LogP contribution in [0.4, 0.5) is 0 Å². The van der Waals surface area contributed by atoms with Crippen LogP contribution in [0, 0.1) is 13.8 Å². The smallest absolute Gasteiger partial charge is 0.105 e. The van der Waals surface area contributed by atoms with Crippen molar-refractivity contribution in [3.63, 3.8) is 0 Å². The fourth-order valence-corrected chi connectivity index (χ4v) is 1.18. The molecule has 82 valence electrons. The average Bonchev–Trinajstić information content (AvgIpc) is 2.78. The van der Waals surface area contributed by atoms with Gasteiger partial charge in [-0.25, -0.2) is 9.97 Å². The Balaban J connectivity index is 0.000000151. The van der Waals surface area contributed by atoms with Gasteiger partial charge >= 0.3 is 0 Å². The van der Waals surface area contributed by atoms with Crippen molar-refractivity contribution in [1.29, 1.82) is 0 Å². The lowest BCUT2D eigenvalue weighted by molar-refractivity contribution is 0.730. The number of imidazole rings is 2. The van der Waals surface area contributed by atoms with Crippen LogP contribution in [0.5, 0.6) is 0 Å². The van der Waals surface area contributed by atoms with Gasteiger partial charge in [-0.3, -0.25) is 0 Å². The summed E-state index contributed by atoms with van der Waals surface area (Å²) in [5.74, 6) is 2.15. The third-order valence-corrected chi connectivity index (χ3v) is 2.33. The van der Waals surface area contributed by atoms with Crippen molar-refractivity contribution in [2.24, 2.45) is 7.05 Å². The second-order valence-corrected chi connectivity index (χ2v) is 3.35. The zero-order valence-electron chi connectivity index (χ0n) is 9.81. The number of hydrogen-bond donors (Lipinski definition) is 0. The van der Waals surface area contributed by atoms with Crippen molar-refractivity contribution in [3.8, 4) is 0 Å². The summed E-state index contributed by atoms with van der Waals surface area (Å²) < 4.78 is 4.07. The van der Waals surface area contributed by atoms with E-state index in [1.807, 2.05) is 44.1 Å². The monoisotopic (exact) mass is 206 g/mol. The first-order valence-electron chi connectivity index (χ1n) is 5.06. The first kappa shape index (κ1) is 11.5. The third-order valence-electron chi connectivity index (χ3n) is 2.33. The van der Waals surface area contributed by atoms with Crippen molar-refractivity contribution in [1.82, 2.24) is 19.1 Å². The van der Waals surface area contributed by atoms with Gasteiger partial charge in [0.15, 0.2) is 0 Å². The Morgan fingerprint density at radius 1 is 1.07 bits per heavy atom. The van der Waals surface area contributed by atoms with Gasteiger partial charge in [-0.2, -0.15) is 0 Å². The SMILES string of the molecule is CCn1ccnc1C.Cc1nccn1C. The van der Waals surface area contributed by atoms with Gasteiger partial charge < -0.3 is 9.13 Å². The molecule has 0 spiro atoms. The molecule has 2 rings (SSSR count). The molecule has 0 aliphatic rings. The molecule has 2 aromatic heterocycles. The first-order chi connectivity index (χ1) is 7.15. The molecular formula is C11H18N4. The predicted molar refractivity (Wildman–Crippen MR) is 60.6 cm³/mol. The van der Waals surface area contributed by atoms with E-state index in [2.05, 4.69) is 21.5 Å². The van der Waals surface area contributed by atoms with Gasteiger partial charge in [-0.15, -0.1) is 0 Å². The van der Waals surface area contributed by atoms with E-state index in [4.69, 9.17) is 0 Å². The van der Waals surface area contributed by atoms with Crippen LogP contribution >= 0.6 is 0 Å². The topological polar surface area (TPSA) is 35.6 Å². The maximum absolute atomic E-state index is 4.05. The van der Waals surface area contributed by atoms with Crippen LogP contribution in [0.1, 0.15) is 18.6 Å². The van der Waals surface area contributed by atoms with Gasteiger partial charge in [0.05, 0.1) is 0 Å². The molecule has 0 unspecified atom stereocenters. The number of rotatable bonds is 1. The fraction of sp³-hybridized carbons (Fsp3) is 0.455. The lowest BCUT2D eigenvalue weighted by atomic mass is 10.6. The molecule has 4 heteroatoms. The maximum Gasteiger partial charge on any atom is 0.105 e. The van der Waals surface area contributed by atoms with Crippen LogP contribution in [0.15, 0.2) is 24.8 Å². The van der Waals surface area contributed by atoms with Crippen LogP contribution in [0.25, 0.3) is 0 Å². The van der Waals surface area contributed by atoms with E-state index in [0.717, 1.165) is 18.2 Å². The number of hydrogen-bond acceptors (Lipinski definition) is 2. The molecule has 0 fully saturated rings. The van der Waals surface area contributed by atoms with Gasteiger partial charge in [-0.05, 0) is 20.8 Å². The maximum atomic E-state index is 4.05. The van der Waals surface area contributed by atoms with E-state index in [0.29, 0.717) is 0 Å². The third kappa shape index (κ3) is 3.23. The summed E-state index contributed by atoms with van der Waals surface area (Å²) in [6.45, 7) is 7.10. The highest BCUT2D eigenvalue weighted by atomic mass is 15.0. The van der Waals surface area contributed by atoms with Crippen LogP contribution in [0.2, 0.25) is 0 Å².